The summed E-state index contributed by atoms with van der Waals surface area (Å²) >= 11 is 0. The lowest BCUT2D eigenvalue weighted by Gasteiger charge is -2.53. The average molecular weight is 305 g/mol. The lowest BCUT2D eigenvalue weighted by molar-refractivity contribution is -0.136. The quantitative estimate of drug-likeness (QED) is 0.559. The number of hydrogen-bond donors (Lipinski definition) is 0. The van der Waals surface area contributed by atoms with Crippen molar-refractivity contribution in [1.29, 1.82) is 0 Å². The van der Waals surface area contributed by atoms with Crippen molar-refractivity contribution in [3.05, 3.63) is 29.0 Å². The molecule has 0 N–H and O–H groups in total. The summed E-state index contributed by atoms with van der Waals surface area (Å²) in [7, 11) is 0. The highest BCUT2D eigenvalue weighted by molar-refractivity contribution is 6.13. The number of carbonyl (C=O) groups excluding carboxylic acids is 2. The van der Waals surface area contributed by atoms with Gasteiger partial charge in [-0.1, -0.05) is 33.8 Å². The van der Waals surface area contributed by atoms with Crippen molar-refractivity contribution in [3.63, 3.8) is 0 Å². The van der Waals surface area contributed by atoms with E-state index in [1.165, 1.54) is 22.1 Å². The minimum Gasteiger partial charge on any atom is -0.784 e. The van der Waals surface area contributed by atoms with Crippen LogP contribution < -0.4 is 0 Å². The second kappa shape index (κ2) is 5.97. The van der Waals surface area contributed by atoms with E-state index in [4.69, 9.17) is 0 Å². The largest absolute Gasteiger partial charge is 0.784 e. The molecule has 122 valence electrons. The van der Waals surface area contributed by atoms with Gasteiger partial charge < -0.3 is 10.3 Å². The van der Waals surface area contributed by atoms with Gasteiger partial charge in [-0.15, -0.1) is 0 Å². The first kappa shape index (κ1) is 16.9. The highest BCUT2D eigenvalue weighted by Crippen LogP contribution is 2.47. The van der Waals surface area contributed by atoms with E-state index in [9.17, 15) is 14.8 Å². The van der Waals surface area contributed by atoms with Crippen LogP contribution in [0.5, 0.6) is 0 Å². The second-order valence-electron chi connectivity index (χ2n) is 6.11. The lowest BCUT2D eigenvalue weighted by Crippen LogP contribution is -2.52. The first-order valence-corrected chi connectivity index (χ1v) is 8.14. The van der Waals surface area contributed by atoms with E-state index < -0.39 is 11.1 Å². The Labute approximate surface area is 132 Å². The molecule has 0 spiro atoms. The zero-order valence-corrected chi connectivity index (χ0v) is 13.9. The summed E-state index contributed by atoms with van der Waals surface area (Å²) in [6.45, 7) is 8.23. The van der Waals surface area contributed by atoms with Gasteiger partial charge in [-0.05, 0) is 31.3 Å². The predicted molar refractivity (Wildman–Crippen MR) is 85.8 cm³/mol. The Kier molecular flexibility index (Phi) is 4.59. The Morgan fingerprint density at radius 2 is 1.45 bits per heavy atom. The van der Waals surface area contributed by atoms with Crippen molar-refractivity contribution in [1.82, 2.24) is 9.96 Å². The van der Waals surface area contributed by atoms with E-state index in [1.807, 2.05) is 33.8 Å². The highest BCUT2D eigenvalue weighted by atomic mass is 16.5. The van der Waals surface area contributed by atoms with Gasteiger partial charge in [0.1, 0.15) is 0 Å². The van der Waals surface area contributed by atoms with Crippen molar-refractivity contribution in [3.8, 4) is 0 Å². The Morgan fingerprint density at radius 3 is 1.86 bits per heavy atom. The third-order valence-electron chi connectivity index (χ3n) is 5.46. The average Bonchev–Trinajstić information content (AvgIpc) is 2.97. The van der Waals surface area contributed by atoms with Crippen LogP contribution in [-0.2, 0) is 9.59 Å². The minimum absolute atomic E-state index is 0.215. The molecule has 5 nitrogen and oxygen atoms in total. The number of carbonyl (C=O) groups is 2. The summed E-state index contributed by atoms with van der Waals surface area (Å²) < 4.78 is 0. The Balaban J connectivity index is 2.41. The number of imide groups is 1. The van der Waals surface area contributed by atoms with Gasteiger partial charge in [0.15, 0.2) is 0 Å². The van der Waals surface area contributed by atoms with Crippen molar-refractivity contribution >= 4 is 11.8 Å². The Bertz CT molecular complexity index is 510. The van der Waals surface area contributed by atoms with E-state index >= 15 is 0 Å². The standard InChI is InChI=1S/C17H25N2O3/c1-5-16(6-2)11-13(17(7-3,8-4)19(16)22)12-18-14(20)9-10-15(18)21/h9-11H,5-8,12H2,1-4H3/q-1. The summed E-state index contributed by atoms with van der Waals surface area (Å²) in [5.41, 5.74) is -0.239. The van der Waals surface area contributed by atoms with Crippen LogP contribution in [-0.4, -0.2) is 39.4 Å². The first-order chi connectivity index (χ1) is 10.4. The Hall–Kier alpha value is -1.46. The molecule has 0 aromatic carbocycles. The van der Waals surface area contributed by atoms with Gasteiger partial charge in [-0.25, -0.2) is 0 Å². The molecule has 0 saturated carbocycles. The molecule has 22 heavy (non-hydrogen) atoms. The summed E-state index contributed by atoms with van der Waals surface area (Å²) in [4.78, 5) is 24.9. The van der Waals surface area contributed by atoms with Gasteiger partial charge in [0.05, 0.1) is 6.54 Å². The molecule has 0 aliphatic carbocycles. The van der Waals surface area contributed by atoms with Crippen LogP contribution in [0, 0.1) is 5.21 Å². The SMILES string of the molecule is CCC1(CC)C=C(CN2C(=O)C=CC2=O)C(CC)(CC)N1[O-]. The molecule has 2 aliphatic heterocycles. The number of amides is 2. The predicted octanol–water partition coefficient (Wildman–Crippen LogP) is 2.77. The van der Waals surface area contributed by atoms with E-state index in [1.54, 1.807) is 0 Å². The third-order valence-corrected chi connectivity index (χ3v) is 5.46. The number of hydroxylamine groups is 2. The maximum absolute atomic E-state index is 13.1. The lowest BCUT2D eigenvalue weighted by atomic mass is 9.85. The summed E-state index contributed by atoms with van der Waals surface area (Å²) in [6.07, 6.45) is 7.38. The van der Waals surface area contributed by atoms with Crippen LogP contribution in [0.3, 0.4) is 0 Å². The van der Waals surface area contributed by atoms with E-state index in [0.29, 0.717) is 12.8 Å². The molecule has 0 atom stereocenters. The van der Waals surface area contributed by atoms with E-state index in [0.717, 1.165) is 18.4 Å². The smallest absolute Gasteiger partial charge is 0.253 e. The molecule has 0 aromatic heterocycles. The van der Waals surface area contributed by atoms with Crippen molar-refractivity contribution in [2.75, 3.05) is 6.54 Å². The molecule has 2 aliphatic rings. The van der Waals surface area contributed by atoms with Crippen molar-refractivity contribution < 1.29 is 9.59 Å². The zero-order chi connectivity index (χ0) is 16.5. The molecule has 0 unspecified atom stereocenters. The van der Waals surface area contributed by atoms with Gasteiger partial charge in [0.2, 0.25) is 0 Å². The van der Waals surface area contributed by atoms with E-state index in [-0.39, 0.29) is 18.4 Å². The topological polar surface area (TPSA) is 63.7 Å². The fourth-order valence-electron chi connectivity index (χ4n) is 3.76. The second-order valence-corrected chi connectivity index (χ2v) is 6.11. The van der Waals surface area contributed by atoms with Gasteiger partial charge in [0, 0.05) is 23.2 Å². The molecule has 0 saturated heterocycles. The third kappa shape index (κ3) is 2.23. The number of nitrogens with zero attached hydrogens (tertiary/aromatic N) is 2. The van der Waals surface area contributed by atoms with Gasteiger partial charge in [0.25, 0.3) is 11.8 Å². The van der Waals surface area contributed by atoms with Crippen LogP contribution in [0.2, 0.25) is 0 Å². The van der Waals surface area contributed by atoms with Crippen molar-refractivity contribution in [2.24, 2.45) is 0 Å². The fraction of sp³-hybridized carbons (Fsp3) is 0.647. The van der Waals surface area contributed by atoms with E-state index in [2.05, 4.69) is 0 Å². The first-order valence-electron chi connectivity index (χ1n) is 8.14. The molecule has 2 amide bonds. The van der Waals surface area contributed by atoms with Crippen LogP contribution in [0.15, 0.2) is 23.8 Å². The maximum atomic E-state index is 13.1. The monoisotopic (exact) mass is 305 g/mol. The van der Waals surface area contributed by atoms with Gasteiger partial charge in [-0.2, -0.15) is 0 Å². The summed E-state index contributed by atoms with van der Waals surface area (Å²) in [6, 6.07) is 0. The highest BCUT2D eigenvalue weighted by Gasteiger charge is 2.47. The maximum Gasteiger partial charge on any atom is 0.253 e. The number of rotatable bonds is 6. The van der Waals surface area contributed by atoms with Crippen LogP contribution >= 0.6 is 0 Å². The zero-order valence-electron chi connectivity index (χ0n) is 13.9. The Morgan fingerprint density at radius 1 is 0.955 bits per heavy atom. The molecular formula is C17H25N2O3-. The summed E-state index contributed by atoms with van der Waals surface area (Å²) in [5.74, 6) is -0.593. The molecule has 0 aromatic rings. The normalized spacial score (nSPS) is 23.5. The van der Waals surface area contributed by atoms with Gasteiger partial charge in [-0.3, -0.25) is 14.5 Å². The molecule has 0 bridgehead atoms. The minimum atomic E-state index is -0.616. The number of hydrogen-bond acceptors (Lipinski definition) is 4. The van der Waals surface area contributed by atoms with Crippen LogP contribution in [0.4, 0.5) is 0 Å². The fourth-order valence-corrected chi connectivity index (χ4v) is 3.76. The molecule has 2 rings (SSSR count). The van der Waals surface area contributed by atoms with Gasteiger partial charge >= 0.3 is 0 Å². The summed E-state index contributed by atoms with van der Waals surface area (Å²) in [5, 5.41) is 14.3. The molecule has 2 heterocycles. The van der Waals surface area contributed by atoms with Crippen molar-refractivity contribution in [2.45, 2.75) is 64.5 Å². The molecule has 5 heteroatoms. The molecular weight excluding hydrogens is 280 g/mol. The molecule has 0 radical (unpaired) electrons. The van der Waals surface area contributed by atoms with Crippen LogP contribution in [0.1, 0.15) is 53.4 Å². The van der Waals surface area contributed by atoms with Crippen LogP contribution in [0.25, 0.3) is 0 Å². The molecule has 0 fully saturated rings.